The Morgan fingerprint density at radius 3 is 2.50 bits per heavy atom. The van der Waals surface area contributed by atoms with Crippen molar-refractivity contribution >= 4 is 40.5 Å². The molecule has 28 heavy (non-hydrogen) atoms. The standard InChI is InChI=1S/C20H22ClN3O4/c1-13(28-20(26)17-7-2-14(21)12-18(17)22)19(25)23-15-3-5-16(6-4-15)24-8-10-27-11-9-24/h2-7,12-13H,8-11,22H2,1H3,(H,23,25)/t13-/m1/s1. The van der Waals surface area contributed by atoms with Crippen LogP contribution in [0.3, 0.4) is 0 Å². The van der Waals surface area contributed by atoms with Gasteiger partial charge >= 0.3 is 5.97 Å². The maximum absolute atomic E-state index is 12.3. The highest BCUT2D eigenvalue weighted by molar-refractivity contribution is 6.31. The van der Waals surface area contributed by atoms with Gasteiger partial charge in [0.25, 0.3) is 5.91 Å². The van der Waals surface area contributed by atoms with Gasteiger partial charge in [0.15, 0.2) is 6.10 Å². The summed E-state index contributed by atoms with van der Waals surface area (Å²) in [5, 5.41) is 3.16. The van der Waals surface area contributed by atoms with Crippen LogP contribution >= 0.6 is 11.6 Å². The molecule has 0 aliphatic carbocycles. The van der Waals surface area contributed by atoms with E-state index in [9.17, 15) is 9.59 Å². The molecule has 3 N–H and O–H groups in total. The predicted octanol–water partition coefficient (Wildman–Crippen LogP) is 2.94. The van der Waals surface area contributed by atoms with Crippen molar-refractivity contribution < 1.29 is 19.1 Å². The molecular formula is C20H22ClN3O4. The average Bonchev–Trinajstić information content (AvgIpc) is 2.69. The quantitative estimate of drug-likeness (QED) is 0.589. The second-order valence-corrected chi connectivity index (χ2v) is 6.85. The molecule has 3 rings (SSSR count). The number of hydrogen-bond acceptors (Lipinski definition) is 6. The molecule has 0 bridgehead atoms. The molecule has 1 aliphatic rings. The van der Waals surface area contributed by atoms with Crippen LogP contribution in [0, 0.1) is 0 Å². The minimum absolute atomic E-state index is 0.166. The summed E-state index contributed by atoms with van der Waals surface area (Å²) >= 11 is 5.82. The first-order valence-corrected chi connectivity index (χ1v) is 9.31. The number of nitrogens with zero attached hydrogens (tertiary/aromatic N) is 1. The monoisotopic (exact) mass is 403 g/mol. The zero-order chi connectivity index (χ0) is 20.1. The number of carbonyl (C=O) groups excluding carboxylic acids is 2. The average molecular weight is 404 g/mol. The number of nitrogens with one attached hydrogen (secondary N) is 1. The van der Waals surface area contributed by atoms with Crippen LogP contribution in [0.4, 0.5) is 17.1 Å². The number of esters is 1. The van der Waals surface area contributed by atoms with Crippen molar-refractivity contribution in [3.05, 3.63) is 53.1 Å². The predicted molar refractivity (Wildman–Crippen MR) is 109 cm³/mol. The van der Waals surface area contributed by atoms with E-state index in [-0.39, 0.29) is 11.3 Å². The molecule has 0 unspecified atom stereocenters. The third kappa shape index (κ3) is 4.94. The van der Waals surface area contributed by atoms with Crippen LogP contribution in [0.15, 0.2) is 42.5 Å². The van der Waals surface area contributed by atoms with Crippen LogP contribution < -0.4 is 16.0 Å². The molecule has 2 aromatic carbocycles. The number of amides is 1. The highest BCUT2D eigenvalue weighted by Gasteiger charge is 2.21. The molecule has 1 atom stereocenters. The molecule has 0 aromatic heterocycles. The summed E-state index contributed by atoms with van der Waals surface area (Å²) in [5.74, 6) is -1.11. The number of anilines is 3. The van der Waals surface area contributed by atoms with E-state index >= 15 is 0 Å². The van der Waals surface area contributed by atoms with Gasteiger partial charge in [-0.3, -0.25) is 4.79 Å². The molecule has 1 amide bonds. The number of nitrogen functional groups attached to an aromatic ring is 1. The van der Waals surface area contributed by atoms with E-state index in [4.69, 9.17) is 26.8 Å². The lowest BCUT2D eigenvalue weighted by molar-refractivity contribution is -0.123. The molecule has 7 nitrogen and oxygen atoms in total. The lowest BCUT2D eigenvalue weighted by Crippen LogP contribution is -2.36. The second kappa shape index (κ2) is 8.95. The van der Waals surface area contributed by atoms with Gasteiger partial charge in [0.1, 0.15) is 0 Å². The summed E-state index contributed by atoms with van der Waals surface area (Å²) < 4.78 is 10.6. The number of halogens is 1. The lowest BCUT2D eigenvalue weighted by Gasteiger charge is -2.28. The molecule has 1 heterocycles. The summed E-state index contributed by atoms with van der Waals surface area (Å²) in [5.41, 5.74) is 7.83. The number of benzene rings is 2. The minimum atomic E-state index is -0.985. The third-order valence-corrected chi connectivity index (χ3v) is 4.63. The van der Waals surface area contributed by atoms with Gasteiger partial charge < -0.3 is 25.4 Å². The number of hydrogen-bond donors (Lipinski definition) is 2. The molecule has 1 fully saturated rings. The van der Waals surface area contributed by atoms with Crippen LogP contribution in [-0.2, 0) is 14.3 Å². The van der Waals surface area contributed by atoms with E-state index in [1.165, 1.54) is 25.1 Å². The Morgan fingerprint density at radius 2 is 1.86 bits per heavy atom. The second-order valence-electron chi connectivity index (χ2n) is 6.41. The van der Waals surface area contributed by atoms with Crippen molar-refractivity contribution in [3.8, 4) is 0 Å². The fourth-order valence-corrected chi connectivity index (χ4v) is 3.00. The first kappa shape index (κ1) is 20.0. The summed E-state index contributed by atoms with van der Waals surface area (Å²) in [4.78, 5) is 26.8. The van der Waals surface area contributed by atoms with Crippen molar-refractivity contribution in [2.75, 3.05) is 42.3 Å². The molecule has 1 aliphatic heterocycles. The Balaban J connectivity index is 1.56. The molecule has 0 spiro atoms. The molecule has 8 heteroatoms. The number of rotatable bonds is 5. The van der Waals surface area contributed by atoms with Crippen molar-refractivity contribution in [1.82, 2.24) is 0 Å². The topological polar surface area (TPSA) is 93.9 Å². The van der Waals surface area contributed by atoms with Crippen molar-refractivity contribution in [1.29, 1.82) is 0 Å². The van der Waals surface area contributed by atoms with Gasteiger partial charge in [0.2, 0.25) is 0 Å². The Bertz CT molecular complexity index is 851. The summed E-state index contributed by atoms with van der Waals surface area (Å²) in [6.45, 7) is 4.60. The minimum Gasteiger partial charge on any atom is -0.449 e. The number of morpholine rings is 1. The maximum Gasteiger partial charge on any atom is 0.341 e. The fraction of sp³-hybridized carbons (Fsp3) is 0.300. The highest BCUT2D eigenvalue weighted by Crippen LogP contribution is 2.21. The normalized spacial score (nSPS) is 15.0. The van der Waals surface area contributed by atoms with Crippen LogP contribution in [0.5, 0.6) is 0 Å². The first-order chi connectivity index (χ1) is 13.4. The van der Waals surface area contributed by atoms with Gasteiger partial charge in [-0.05, 0) is 49.4 Å². The van der Waals surface area contributed by atoms with Gasteiger partial charge in [-0.25, -0.2) is 4.79 Å². The van der Waals surface area contributed by atoms with E-state index in [1.807, 2.05) is 24.3 Å². The van der Waals surface area contributed by atoms with E-state index in [1.54, 1.807) is 0 Å². The van der Waals surface area contributed by atoms with Gasteiger partial charge in [-0.2, -0.15) is 0 Å². The zero-order valence-electron chi connectivity index (χ0n) is 15.5. The molecular weight excluding hydrogens is 382 g/mol. The van der Waals surface area contributed by atoms with Gasteiger partial charge in [0.05, 0.1) is 18.8 Å². The molecule has 148 valence electrons. The van der Waals surface area contributed by atoms with Crippen molar-refractivity contribution in [2.24, 2.45) is 0 Å². The van der Waals surface area contributed by atoms with Gasteiger partial charge in [-0.1, -0.05) is 11.6 Å². The van der Waals surface area contributed by atoms with E-state index in [0.29, 0.717) is 23.9 Å². The Kier molecular flexibility index (Phi) is 6.38. The molecule has 0 saturated carbocycles. The molecule has 1 saturated heterocycles. The lowest BCUT2D eigenvalue weighted by atomic mass is 10.2. The maximum atomic E-state index is 12.3. The van der Waals surface area contributed by atoms with Gasteiger partial charge in [0, 0.05) is 35.2 Å². The Hall–Kier alpha value is -2.77. The van der Waals surface area contributed by atoms with Crippen LogP contribution in [0.1, 0.15) is 17.3 Å². The van der Waals surface area contributed by atoms with Gasteiger partial charge in [-0.15, -0.1) is 0 Å². The molecule has 0 radical (unpaired) electrons. The smallest absolute Gasteiger partial charge is 0.341 e. The first-order valence-electron chi connectivity index (χ1n) is 8.93. The van der Waals surface area contributed by atoms with E-state index in [2.05, 4.69) is 10.2 Å². The number of nitrogens with two attached hydrogens (primary N) is 1. The summed E-state index contributed by atoms with van der Waals surface area (Å²) in [6.07, 6.45) is -0.985. The van der Waals surface area contributed by atoms with Crippen LogP contribution in [-0.4, -0.2) is 44.3 Å². The number of ether oxygens (including phenoxy) is 2. The zero-order valence-corrected chi connectivity index (χ0v) is 16.2. The van der Waals surface area contributed by atoms with Crippen LogP contribution in [0.2, 0.25) is 5.02 Å². The SMILES string of the molecule is C[C@@H](OC(=O)c1ccc(Cl)cc1N)C(=O)Nc1ccc(N2CCOCC2)cc1. The van der Waals surface area contributed by atoms with Crippen molar-refractivity contribution in [3.63, 3.8) is 0 Å². The van der Waals surface area contributed by atoms with Crippen LogP contribution in [0.25, 0.3) is 0 Å². The highest BCUT2D eigenvalue weighted by atomic mass is 35.5. The fourth-order valence-electron chi connectivity index (χ4n) is 2.82. The largest absolute Gasteiger partial charge is 0.449 e. The van der Waals surface area contributed by atoms with E-state index < -0.39 is 18.0 Å². The third-order valence-electron chi connectivity index (χ3n) is 4.40. The Morgan fingerprint density at radius 1 is 1.18 bits per heavy atom. The number of carbonyl (C=O) groups is 2. The molecule has 2 aromatic rings. The summed E-state index contributed by atoms with van der Waals surface area (Å²) in [6, 6.07) is 12.0. The summed E-state index contributed by atoms with van der Waals surface area (Å²) in [7, 11) is 0. The Labute approximate surface area is 168 Å². The van der Waals surface area contributed by atoms with E-state index in [0.717, 1.165) is 18.8 Å². The van der Waals surface area contributed by atoms with Crippen molar-refractivity contribution in [2.45, 2.75) is 13.0 Å².